The molecule has 0 bridgehead atoms. The molecule has 4 heteroatoms. The number of benzene rings is 1. The Balaban J connectivity index is 2.71. The molecule has 4 nitrogen and oxygen atoms in total. The SMILES string of the molecule is CCN(CCCO)CC(C(=N)N)c1ccccc1. The molecule has 18 heavy (non-hydrogen) atoms. The van der Waals surface area contributed by atoms with Crippen LogP contribution in [0.15, 0.2) is 30.3 Å². The predicted molar refractivity (Wildman–Crippen MR) is 74.9 cm³/mol. The molecule has 0 aliphatic heterocycles. The average molecular weight is 249 g/mol. The van der Waals surface area contributed by atoms with Crippen molar-refractivity contribution < 1.29 is 5.11 Å². The number of amidine groups is 1. The zero-order valence-electron chi connectivity index (χ0n) is 11.0. The van der Waals surface area contributed by atoms with Gasteiger partial charge in [-0.1, -0.05) is 37.3 Å². The van der Waals surface area contributed by atoms with Crippen LogP contribution in [0.5, 0.6) is 0 Å². The molecule has 1 aromatic carbocycles. The summed E-state index contributed by atoms with van der Waals surface area (Å²) in [4.78, 5) is 2.22. The van der Waals surface area contributed by atoms with E-state index in [2.05, 4.69) is 11.8 Å². The maximum Gasteiger partial charge on any atom is 0.0995 e. The van der Waals surface area contributed by atoms with Crippen LogP contribution in [0.25, 0.3) is 0 Å². The van der Waals surface area contributed by atoms with E-state index in [9.17, 15) is 0 Å². The first-order valence-corrected chi connectivity index (χ1v) is 6.41. The number of aliphatic hydroxyl groups excluding tert-OH is 1. The quantitative estimate of drug-likeness (QED) is 0.482. The van der Waals surface area contributed by atoms with Crippen molar-refractivity contribution in [1.29, 1.82) is 5.41 Å². The molecule has 0 radical (unpaired) electrons. The molecule has 0 aliphatic rings. The minimum absolute atomic E-state index is 0.0650. The second kappa shape index (κ2) is 7.84. The van der Waals surface area contributed by atoms with Crippen molar-refractivity contribution in [2.75, 3.05) is 26.2 Å². The van der Waals surface area contributed by atoms with Gasteiger partial charge in [-0.2, -0.15) is 0 Å². The zero-order valence-corrected chi connectivity index (χ0v) is 11.0. The lowest BCUT2D eigenvalue weighted by molar-refractivity contribution is 0.228. The molecule has 1 rings (SSSR count). The molecule has 0 spiro atoms. The average Bonchev–Trinajstić information content (AvgIpc) is 2.39. The van der Waals surface area contributed by atoms with Gasteiger partial charge in [0.25, 0.3) is 0 Å². The van der Waals surface area contributed by atoms with Crippen molar-refractivity contribution >= 4 is 5.84 Å². The van der Waals surface area contributed by atoms with Crippen LogP contribution in [-0.2, 0) is 0 Å². The van der Waals surface area contributed by atoms with Gasteiger partial charge in [0, 0.05) is 19.7 Å². The molecular weight excluding hydrogens is 226 g/mol. The highest BCUT2D eigenvalue weighted by Gasteiger charge is 2.17. The van der Waals surface area contributed by atoms with E-state index in [-0.39, 0.29) is 18.4 Å². The summed E-state index contributed by atoms with van der Waals surface area (Å²) in [6.45, 7) is 4.75. The lowest BCUT2D eigenvalue weighted by Crippen LogP contribution is -2.35. The largest absolute Gasteiger partial charge is 0.396 e. The Morgan fingerprint density at radius 2 is 2.06 bits per heavy atom. The van der Waals surface area contributed by atoms with Gasteiger partial charge in [0.1, 0.15) is 0 Å². The molecule has 0 saturated heterocycles. The van der Waals surface area contributed by atoms with E-state index in [0.29, 0.717) is 0 Å². The highest BCUT2D eigenvalue weighted by molar-refractivity contribution is 5.84. The van der Waals surface area contributed by atoms with E-state index in [1.807, 2.05) is 30.3 Å². The van der Waals surface area contributed by atoms with Crippen LogP contribution in [0.1, 0.15) is 24.8 Å². The van der Waals surface area contributed by atoms with E-state index >= 15 is 0 Å². The smallest absolute Gasteiger partial charge is 0.0995 e. The van der Waals surface area contributed by atoms with Crippen molar-refractivity contribution in [3.63, 3.8) is 0 Å². The summed E-state index contributed by atoms with van der Waals surface area (Å²) in [5, 5.41) is 16.6. The van der Waals surface area contributed by atoms with Gasteiger partial charge in [-0.3, -0.25) is 5.41 Å². The zero-order chi connectivity index (χ0) is 13.4. The molecule has 4 N–H and O–H groups in total. The van der Waals surface area contributed by atoms with Crippen LogP contribution in [0.4, 0.5) is 0 Å². The molecule has 1 unspecified atom stereocenters. The number of hydrogen-bond donors (Lipinski definition) is 3. The van der Waals surface area contributed by atoms with Gasteiger partial charge >= 0.3 is 0 Å². The lowest BCUT2D eigenvalue weighted by Gasteiger charge is -2.25. The van der Waals surface area contributed by atoms with Crippen LogP contribution in [0, 0.1) is 5.41 Å². The van der Waals surface area contributed by atoms with E-state index in [1.54, 1.807) is 0 Å². The van der Waals surface area contributed by atoms with Crippen LogP contribution in [-0.4, -0.2) is 42.1 Å². The molecule has 0 fully saturated rings. The molecule has 0 aromatic heterocycles. The number of likely N-dealkylation sites (N-methyl/N-ethyl adjacent to an activating group) is 1. The fraction of sp³-hybridized carbons (Fsp3) is 0.500. The number of nitrogens with two attached hydrogens (primary N) is 1. The lowest BCUT2D eigenvalue weighted by atomic mass is 9.97. The molecule has 100 valence electrons. The van der Waals surface area contributed by atoms with Gasteiger partial charge in [0.15, 0.2) is 0 Å². The molecular formula is C14H23N3O. The Kier molecular flexibility index (Phi) is 6.39. The van der Waals surface area contributed by atoms with Crippen molar-refractivity contribution in [1.82, 2.24) is 4.90 Å². The van der Waals surface area contributed by atoms with Crippen molar-refractivity contribution in [2.45, 2.75) is 19.3 Å². The van der Waals surface area contributed by atoms with E-state index in [0.717, 1.165) is 31.6 Å². The first-order chi connectivity index (χ1) is 8.69. The van der Waals surface area contributed by atoms with E-state index in [1.165, 1.54) is 0 Å². The van der Waals surface area contributed by atoms with Crippen molar-refractivity contribution in [2.24, 2.45) is 5.73 Å². The van der Waals surface area contributed by atoms with Crippen LogP contribution in [0.3, 0.4) is 0 Å². The highest BCUT2D eigenvalue weighted by Crippen LogP contribution is 2.16. The summed E-state index contributed by atoms with van der Waals surface area (Å²) < 4.78 is 0. The fourth-order valence-electron chi connectivity index (χ4n) is 2.00. The molecule has 0 amide bonds. The van der Waals surface area contributed by atoms with Gasteiger partial charge in [-0.05, 0) is 18.5 Å². The standard InChI is InChI=1S/C14H23N3O/c1-2-17(9-6-10-18)11-13(14(15)16)12-7-4-3-5-8-12/h3-5,7-8,13,18H,2,6,9-11H2,1H3,(H3,15,16). The summed E-state index contributed by atoms with van der Waals surface area (Å²) in [7, 11) is 0. The van der Waals surface area contributed by atoms with Gasteiger partial charge in [-0.15, -0.1) is 0 Å². The van der Waals surface area contributed by atoms with Gasteiger partial charge < -0.3 is 15.7 Å². The third-order valence-electron chi connectivity index (χ3n) is 3.10. The Bertz CT molecular complexity index is 353. The van der Waals surface area contributed by atoms with Gasteiger partial charge in [0.05, 0.1) is 11.8 Å². The third kappa shape index (κ3) is 4.47. The molecule has 0 aliphatic carbocycles. The number of rotatable bonds is 8. The summed E-state index contributed by atoms with van der Waals surface area (Å²) in [5.74, 6) is 0.133. The number of aliphatic hydroxyl groups is 1. The second-order valence-electron chi connectivity index (χ2n) is 4.39. The summed E-state index contributed by atoms with van der Waals surface area (Å²) in [6, 6.07) is 9.91. The monoisotopic (exact) mass is 249 g/mol. The van der Waals surface area contributed by atoms with Crippen molar-refractivity contribution in [3.05, 3.63) is 35.9 Å². The maximum atomic E-state index is 8.88. The van der Waals surface area contributed by atoms with Crippen LogP contribution < -0.4 is 5.73 Å². The van der Waals surface area contributed by atoms with Crippen LogP contribution >= 0.6 is 0 Å². The topological polar surface area (TPSA) is 73.3 Å². The second-order valence-corrected chi connectivity index (χ2v) is 4.39. The summed E-state index contributed by atoms with van der Waals surface area (Å²) in [5.41, 5.74) is 6.78. The Morgan fingerprint density at radius 1 is 1.39 bits per heavy atom. The predicted octanol–water partition coefficient (Wildman–Crippen LogP) is 1.41. The molecule has 0 heterocycles. The van der Waals surface area contributed by atoms with E-state index in [4.69, 9.17) is 16.2 Å². The summed E-state index contributed by atoms with van der Waals surface area (Å²) >= 11 is 0. The first-order valence-electron chi connectivity index (χ1n) is 6.41. The minimum Gasteiger partial charge on any atom is -0.396 e. The third-order valence-corrected chi connectivity index (χ3v) is 3.10. The number of hydrogen-bond acceptors (Lipinski definition) is 3. The van der Waals surface area contributed by atoms with Gasteiger partial charge in [-0.25, -0.2) is 0 Å². The van der Waals surface area contributed by atoms with Crippen LogP contribution in [0.2, 0.25) is 0 Å². The van der Waals surface area contributed by atoms with E-state index < -0.39 is 0 Å². The summed E-state index contributed by atoms with van der Waals surface area (Å²) in [6.07, 6.45) is 0.757. The Hall–Kier alpha value is -1.39. The van der Waals surface area contributed by atoms with Gasteiger partial charge in [0.2, 0.25) is 0 Å². The fourth-order valence-corrected chi connectivity index (χ4v) is 2.00. The first kappa shape index (κ1) is 14.7. The molecule has 1 aromatic rings. The molecule has 0 saturated carbocycles. The normalized spacial score (nSPS) is 12.6. The number of nitrogens with one attached hydrogen (secondary N) is 1. The number of nitrogens with zero attached hydrogens (tertiary/aromatic N) is 1. The van der Waals surface area contributed by atoms with Crippen molar-refractivity contribution in [3.8, 4) is 0 Å². The highest BCUT2D eigenvalue weighted by atomic mass is 16.3. The Labute approximate surface area is 109 Å². The Morgan fingerprint density at radius 3 is 2.56 bits per heavy atom. The molecule has 1 atom stereocenters. The maximum absolute atomic E-state index is 8.88. The minimum atomic E-state index is -0.0650.